The zero-order valence-electron chi connectivity index (χ0n) is 8.59. The minimum absolute atomic E-state index is 0.00880. The molecule has 1 unspecified atom stereocenters. The summed E-state index contributed by atoms with van der Waals surface area (Å²) in [5.74, 6) is -0.453. The van der Waals surface area contributed by atoms with Crippen LogP contribution in [0.15, 0.2) is 12.1 Å². The summed E-state index contributed by atoms with van der Waals surface area (Å²) < 4.78 is 18.2. The molecule has 1 atom stereocenters. The predicted octanol–water partition coefficient (Wildman–Crippen LogP) is 3.18. The van der Waals surface area contributed by atoms with Crippen molar-refractivity contribution in [3.8, 4) is 5.75 Å². The van der Waals surface area contributed by atoms with Crippen LogP contribution in [0.4, 0.5) is 4.39 Å². The lowest BCUT2D eigenvalue weighted by Crippen LogP contribution is -1.97. The SMILES string of the molecule is COc1cc(C(C)CC=O)cc(Cl)c1F. The molecule has 15 heavy (non-hydrogen) atoms. The Morgan fingerprint density at radius 2 is 2.27 bits per heavy atom. The minimum Gasteiger partial charge on any atom is -0.494 e. The van der Waals surface area contributed by atoms with E-state index in [0.29, 0.717) is 6.42 Å². The van der Waals surface area contributed by atoms with Gasteiger partial charge >= 0.3 is 0 Å². The number of ether oxygens (including phenoxy) is 1. The number of halogens is 2. The van der Waals surface area contributed by atoms with Gasteiger partial charge in [-0.1, -0.05) is 18.5 Å². The number of benzene rings is 1. The first kappa shape index (κ1) is 12.0. The van der Waals surface area contributed by atoms with E-state index < -0.39 is 5.82 Å². The lowest BCUT2D eigenvalue weighted by atomic mass is 9.98. The number of methoxy groups -OCH3 is 1. The van der Waals surface area contributed by atoms with Crippen molar-refractivity contribution in [1.29, 1.82) is 0 Å². The molecule has 0 fully saturated rings. The van der Waals surface area contributed by atoms with Crippen LogP contribution in [0.3, 0.4) is 0 Å². The first-order chi connectivity index (χ1) is 7.10. The number of carbonyl (C=O) groups is 1. The molecule has 0 radical (unpaired) electrons. The van der Waals surface area contributed by atoms with Crippen molar-refractivity contribution in [2.45, 2.75) is 19.3 Å². The van der Waals surface area contributed by atoms with Crippen molar-refractivity contribution in [3.63, 3.8) is 0 Å². The fourth-order valence-electron chi connectivity index (χ4n) is 1.30. The Morgan fingerprint density at radius 3 is 2.80 bits per heavy atom. The molecular formula is C11H12ClFO2. The highest BCUT2D eigenvalue weighted by atomic mass is 35.5. The zero-order chi connectivity index (χ0) is 11.4. The van der Waals surface area contributed by atoms with Gasteiger partial charge in [-0.15, -0.1) is 0 Å². The molecule has 0 amide bonds. The minimum atomic E-state index is -0.568. The van der Waals surface area contributed by atoms with E-state index in [1.165, 1.54) is 13.2 Å². The Labute approximate surface area is 93.0 Å². The molecule has 1 rings (SSSR count). The van der Waals surface area contributed by atoms with E-state index in [2.05, 4.69) is 0 Å². The van der Waals surface area contributed by atoms with Gasteiger partial charge in [0.15, 0.2) is 11.6 Å². The molecule has 0 N–H and O–H groups in total. The Balaban J connectivity index is 3.10. The summed E-state index contributed by atoms with van der Waals surface area (Å²) in [6.45, 7) is 1.87. The van der Waals surface area contributed by atoms with Crippen molar-refractivity contribution in [1.82, 2.24) is 0 Å². The fraction of sp³-hybridized carbons (Fsp3) is 0.364. The summed E-state index contributed by atoms with van der Waals surface area (Å²) in [5.41, 5.74) is 0.797. The highest BCUT2D eigenvalue weighted by molar-refractivity contribution is 6.31. The van der Waals surface area contributed by atoms with E-state index in [1.54, 1.807) is 6.07 Å². The molecule has 0 saturated heterocycles. The highest BCUT2D eigenvalue weighted by Gasteiger charge is 2.13. The van der Waals surface area contributed by atoms with Crippen LogP contribution in [-0.4, -0.2) is 13.4 Å². The van der Waals surface area contributed by atoms with Crippen molar-refractivity contribution < 1.29 is 13.9 Å². The standard InChI is InChI=1S/C11H12ClFO2/c1-7(3-4-14)8-5-9(12)11(13)10(6-8)15-2/h4-7H,3H2,1-2H3. The molecule has 0 aromatic heterocycles. The lowest BCUT2D eigenvalue weighted by Gasteiger charge is -2.11. The second-order valence-corrected chi connectivity index (χ2v) is 3.73. The maximum atomic E-state index is 13.3. The van der Waals surface area contributed by atoms with Gasteiger partial charge in [0.2, 0.25) is 0 Å². The zero-order valence-corrected chi connectivity index (χ0v) is 9.34. The maximum Gasteiger partial charge on any atom is 0.183 e. The quantitative estimate of drug-likeness (QED) is 0.743. The third-order valence-corrected chi connectivity index (χ3v) is 2.53. The second-order valence-electron chi connectivity index (χ2n) is 3.32. The topological polar surface area (TPSA) is 26.3 Å². The molecule has 0 aliphatic carbocycles. The van der Waals surface area contributed by atoms with Gasteiger partial charge in [-0.05, 0) is 23.6 Å². The predicted molar refractivity (Wildman–Crippen MR) is 57.1 cm³/mol. The second kappa shape index (κ2) is 5.12. The number of hydrogen-bond acceptors (Lipinski definition) is 2. The monoisotopic (exact) mass is 230 g/mol. The largest absolute Gasteiger partial charge is 0.494 e. The third-order valence-electron chi connectivity index (χ3n) is 2.26. The first-order valence-electron chi connectivity index (χ1n) is 4.56. The van der Waals surface area contributed by atoms with E-state index in [0.717, 1.165) is 11.8 Å². The van der Waals surface area contributed by atoms with Crippen molar-refractivity contribution in [3.05, 3.63) is 28.5 Å². The van der Waals surface area contributed by atoms with Crippen LogP contribution >= 0.6 is 11.6 Å². The van der Waals surface area contributed by atoms with E-state index >= 15 is 0 Å². The van der Waals surface area contributed by atoms with Gasteiger partial charge in [-0.25, -0.2) is 4.39 Å². The number of rotatable bonds is 4. The Hall–Kier alpha value is -1.09. The van der Waals surface area contributed by atoms with Gasteiger partial charge in [-0.3, -0.25) is 0 Å². The van der Waals surface area contributed by atoms with Crippen molar-refractivity contribution >= 4 is 17.9 Å². The van der Waals surface area contributed by atoms with Crippen LogP contribution in [0.1, 0.15) is 24.8 Å². The van der Waals surface area contributed by atoms with E-state index in [9.17, 15) is 9.18 Å². The number of carbonyl (C=O) groups excluding carboxylic acids is 1. The number of aldehydes is 1. The van der Waals surface area contributed by atoms with Gasteiger partial charge in [0.1, 0.15) is 6.29 Å². The molecule has 4 heteroatoms. The van der Waals surface area contributed by atoms with Crippen LogP contribution in [0, 0.1) is 5.82 Å². The number of hydrogen-bond donors (Lipinski definition) is 0. The molecule has 1 aromatic rings. The van der Waals surface area contributed by atoms with Crippen LogP contribution in [0.5, 0.6) is 5.75 Å². The highest BCUT2D eigenvalue weighted by Crippen LogP contribution is 2.30. The molecule has 1 aromatic carbocycles. The summed E-state index contributed by atoms with van der Waals surface area (Å²) in [6, 6.07) is 3.09. The van der Waals surface area contributed by atoms with Crippen LogP contribution in [0.2, 0.25) is 5.02 Å². The summed E-state index contributed by atoms with van der Waals surface area (Å²) >= 11 is 5.70. The molecule has 82 valence electrons. The van der Waals surface area contributed by atoms with Gasteiger partial charge in [-0.2, -0.15) is 0 Å². The summed E-state index contributed by atoms with van der Waals surface area (Å²) in [7, 11) is 1.38. The third kappa shape index (κ3) is 2.69. The molecule has 0 aliphatic heterocycles. The summed E-state index contributed by atoms with van der Waals surface area (Å²) in [6.07, 6.45) is 1.21. The van der Waals surface area contributed by atoms with Crippen molar-refractivity contribution in [2.24, 2.45) is 0 Å². The first-order valence-corrected chi connectivity index (χ1v) is 4.94. The maximum absolute atomic E-state index is 13.3. The average Bonchev–Trinajstić information content (AvgIpc) is 2.22. The molecule has 0 spiro atoms. The van der Waals surface area contributed by atoms with E-state index in [-0.39, 0.29) is 16.7 Å². The van der Waals surface area contributed by atoms with Crippen LogP contribution in [0.25, 0.3) is 0 Å². The van der Waals surface area contributed by atoms with E-state index in [4.69, 9.17) is 16.3 Å². The Morgan fingerprint density at radius 1 is 1.60 bits per heavy atom. The Bertz CT molecular complexity index is 366. The molecule has 0 heterocycles. The van der Waals surface area contributed by atoms with E-state index in [1.807, 2.05) is 6.92 Å². The fourth-order valence-corrected chi connectivity index (χ4v) is 1.52. The molecule has 0 bridgehead atoms. The van der Waals surface area contributed by atoms with Crippen LogP contribution < -0.4 is 4.74 Å². The molecular weight excluding hydrogens is 219 g/mol. The normalized spacial score (nSPS) is 12.3. The van der Waals surface area contributed by atoms with Gasteiger partial charge in [0.25, 0.3) is 0 Å². The van der Waals surface area contributed by atoms with Gasteiger partial charge in [0, 0.05) is 6.42 Å². The average molecular weight is 231 g/mol. The van der Waals surface area contributed by atoms with Crippen molar-refractivity contribution in [2.75, 3.05) is 7.11 Å². The lowest BCUT2D eigenvalue weighted by molar-refractivity contribution is -0.108. The van der Waals surface area contributed by atoms with Gasteiger partial charge < -0.3 is 9.53 Å². The molecule has 0 saturated carbocycles. The summed E-state index contributed by atoms with van der Waals surface area (Å²) in [4.78, 5) is 10.4. The molecule has 0 aliphatic rings. The summed E-state index contributed by atoms with van der Waals surface area (Å²) in [5, 5.41) is 0.0158. The smallest absolute Gasteiger partial charge is 0.183 e. The Kier molecular flexibility index (Phi) is 4.09. The molecule has 2 nitrogen and oxygen atoms in total. The van der Waals surface area contributed by atoms with Gasteiger partial charge in [0.05, 0.1) is 12.1 Å². The van der Waals surface area contributed by atoms with Crippen LogP contribution in [-0.2, 0) is 4.79 Å².